The summed E-state index contributed by atoms with van der Waals surface area (Å²) in [5.74, 6) is 0.0185. The Morgan fingerprint density at radius 1 is 1.43 bits per heavy atom. The quantitative estimate of drug-likeness (QED) is 0.880. The van der Waals surface area contributed by atoms with E-state index >= 15 is 0 Å². The van der Waals surface area contributed by atoms with Gasteiger partial charge in [0.15, 0.2) is 0 Å². The lowest BCUT2D eigenvalue weighted by molar-refractivity contribution is -0.118. The van der Waals surface area contributed by atoms with Crippen molar-refractivity contribution in [3.8, 4) is 0 Å². The average molecular weight is 316 g/mol. The summed E-state index contributed by atoms with van der Waals surface area (Å²) in [6, 6.07) is 2.30. The monoisotopic (exact) mass is 316 g/mol. The van der Waals surface area contributed by atoms with E-state index in [4.69, 9.17) is 0 Å². The summed E-state index contributed by atoms with van der Waals surface area (Å²) in [7, 11) is 0. The number of aromatic nitrogens is 4. The maximum Gasteiger partial charge on any atom is 0.238 e. The fraction of sp³-hybridized carbons (Fsp3) is 0.562. The largest absolute Gasteiger partial charge is 0.322 e. The number of nitrogens with zero attached hydrogens (tertiary/aromatic N) is 4. The highest BCUT2D eigenvalue weighted by Crippen LogP contribution is 2.19. The minimum Gasteiger partial charge on any atom is -0.322 e. The zero-order valence-electron chi connectivity index (χ0n) is 13.7. The molecule has 3 rings (SSSR count). The zero-order valence-corrected chi connectivity index (χ0v) is 13.7. The average Bonchev–Trinajstić information content (AvgIpc) is 3.14. The summed E-state index contributed by atoms with van der Waals surface area (Å²) in [4.78, 5) is 14.7. The van der Waals surface area contributed by atoms with Gasteiger partial charge in [-0.05, 0) is 39.3 Å². The molecule has 0 bridgehead atoms. The fourth-order valence-electron chi connectivity index (χ4n) is 3.20. The van der Waals surface area contributed by atoms with Crippen molar-refractivity contribution in [1.82, 2.24) is 24.9 Å². The maximum absolute atomic E-state index is 12.4. The molecule has 1 aliphatic rings. The van der Waals surface area contributed by atoms with Crippen molar-refractivity contribution in [2.45, 2.75) is 45.7 Å². The molecule has 0 aromatic carbocycles. The Hall–Kier alpha value is -2.15. The summed E-state index contributed by atoms with van der Waals surface area (Å²) in [6.45, 7) is 6.01. The third-order valence-electron chi connectivity index (χ3n) is 4.45. The van der Waals surface area contributed by atoms with Gasteiger partial charge in [0.25, 0.3) is 0 Å². The van der Waals surface area contributed by atoms with Gasteiger partial charge in [-0.1, -0.05) is 6.42 Å². The summed E-state index contributed by atoms with van der Waals surface area (Å²) in [6.07, 6.45) is 7.24. The van der Waals surface area contributed by atoms with Gasteiger partial charge in [0.05, 0.1) is 30.2 Å². The van der Waals surface area contributed by atoms with Gasteiger partial charge in [-0.2, -0.15) is 10.2 Å². The number of anilines is 1. The number of nitrogens with one attached hydrogen (secondary N) is 2. The van der Waals surface area contributed by atoms with Crippen molar-refractivity contribution in [2.75, 3.05) is 18.4 Å². The molecule has 1 atom stereocenters. The van der Waals surface area contributed by atoms with Crippen molar-refractivity contribution in [3.63, 3.8) is 0 Å². The molecular formula is C16H24N6O. The van der Waals surface area contributed by atoms with Crippen LogP contribution in [0.2, 0.25) is 0 Å². The molecule has 1 saturated heterocycles. The van der Waals surface area contributed by atoms with Crippen molar-refractivity contribution in [3.05, 3.63) is 29.8 Å². The van der Waals surface area contributed by atoms with Crippen LogP contribution in [-0.4, -0.2) is 49.9 Å². The molecule has 1 aliphatic heterocycles. The van der Waals surface area contributed by atoms with Crippen LogP contribution in [0.5, 0.6) is 0 Å². The van der Waals surface area contributed by atoms with Crippen LogP contribution < -0.4 is 5.32 Å². The second-order valence-corrected chi connectivity index (χ2v) is 6.21. The highest BCUT2D eigenvalue weighted by molar-refractivity contribution is 5.93. The lowest BCUT2D eigenvalue weighted by atomic mass is 10.0. The first kappa shape index (κ1) is 15.7. The fourth-order valence-corrected chi connectivity index (χ4v) is 3.20. The smallest absolute Gasteiger partial charge is 0.238 e. The molecule has 1 fully saturated rings. The van der Waals surface area contributed by atoms with E-state index in [1.165, 1.54) is 6.42 Å². The molecule has 2 aromatic rings. The number of likely N-dealkylation sites (tertiary alicyclic amines) is 1. The lowest BCUT2D eigenvalue weighted by Crippen LogP contribution is -2.46. The number of aromatic amines is 1. The predicted octanol–water partition coefficient (Wildman–Crippen LogP) is 1.72. The molecule has 3 heterocycles. The number of hydrogen-bond donors (Lipinski definition) is 2. The van der Waals surface area contributed by atoms with Crippen LogP contribution in [-0.2, 0) is 11.3 Å². The number of amides is 1. The third kappa shape index (κ3) is 3.79. The summed E-state index contributed by atoms with van der Waals surface area (Å²) < 4.78 is 1.95. The molecule has 0 saturated carbocycles. The van der Waals surface area contributed by atoms with Gasteiger partial charge < -0.3 is 5.32 Å². The second kappa shape index (κ2) is 6.95. The van der Waals surface area contributed by atoms with Crippen molar-refractivity contribution in [2.24, 2.45) is 0 Å². The Bertz CT molecular complexity index is 628. The topological polar surface area (TPSA) is 78.8 Å². The van der Waals surface area contributed by atoms with Gasteiger partial charge in [0.1, 0.15) is 0 Å². The Morgan fingerprint density at radius 2 is 2.30 bits per heavy atom. The van der Waals surface area contributed by atoms with E-state index in [9.17, 15) is 4.79 Å². The second-order valence-electron chi connectivity index (χ2n) is 6.21. The van der Waals surface area contributed by atoms with E-state index in [2.05, 4.69) is 25.5 Å². The molecule has 2 N–H and O–H groups in total. The Kier molecular flexibility index (Phi) is 4.76. The molecule has 1 amide bonds. The van der Waals surface area contributed by atoms with Gasteiger partial charge in [-0.3, -0.25) is 19.5 Å². The first-order chi connectivity index (χ1) is 11.1. The first-order valence-electron chi connectivity index (χ1n) is 8.16. The minimum absolute atomic E-state index is 0.0185. The highest BCUT2D eigenvalue weighted by atomic mass is 16.2. The van der Waals surface area contributed by atoms with Crippen molar-refractivity contribution < 1.29 is 4.79 Å². The number of H-pyrrole nitrogens is 1. The summed E-state index contributed by atoms with van der Waals surface area (Å²) in [5, 5.41) is 14.3. The highest BCUT2D eigenvalue weighted by Gasteiger charge is 2.25. The van der Waals surface area contributed by atoms with Crippen molar-refractivity contribution in [1.29, 1.82) is 0 Å². The number of rotatable bonds is 5. The summed E-state index contributed by atoms with van der Waals surface area (Å²) >= 11 is 0. The van der Waals surface area contributed by atoms with Crippen LogP contribution in [0.1, 0.15) is 30.7 Å². The van der Waals surface area contributed by atoms with Crippen LogP contribution in [0.25, 0.3) is 0 Å². The van der Waals surface area contributed by atoms with Crippen LogP contribution in [0, 0.1) is 13.8 Å². The standard InChI is InChI=1S/C16H24N6O/c1-12-16(13(2)20-19-12)18-15(23)11-21-8-4-3-6-14(21)10-22-9-5-7-17-22/h5,7,9,14H,3-4,6,8,10-11H2,1-2H3,(H,18,23)(H,19,20)/t14-/m0/s1. The molecule has 0 spiro atoms. The summed E-state index contributed by atoms with van der Waals surface area (Å²) in [5.41, 5.74) is 2.51. The van der Waals surface area contributed by atoms with Crippen LogP contribution in [0.4, 0.5) is 5.69 Å². The molecule has 0 radical (unpaired) electrons. The number of carbonyl (C=O) groups is 1. The number of piperidine rings is 1. The molecule has 7 heteroatoms. The maximum atomic E-state index is 12.4. The predicted molar refractivity (Wildman–Crippen MR) is 88.1 cm³/mol. The Morgan fingerprint density at radius 3 is 3.00 bits per heavy atom. The van der Waals surface area contributed by atoms with Crippen LogP contribution >= 0.6 is 0 Å². The lowest BCUT2D eigenvalue weighted by Gasteiger charge is -2.35. The molecule has 124 valence electrons. The van der Waals surface area contributed by atoms with E-state index in [-0.39, 0.29) is 5.91 Å². The van der Waals surface area contributed by atoms with E-state index in [0.717, 1.165) is 43.0 Å². The van der Waals surface area contributed by atoms with E-state index < -0.39 is 0 Å². The van der Waals surface area contributed by atoms with E-state index in [1.54, 1.807) is 6.20 Å². The van der Waals surface area contributed by atoms with Gasteiger partial charge in [0, 0.05) is 18.4 Å². The van der Waals surface area contributed by atoms with Crippen LogP contribution in [0.15, 0.2) is 18.5 Å². The Balaban J connectivity index is 1.61. The van der Waals surface area contributed by atoms with Gasteiger partial charge >= 0.3 is 0 Å². The van der Waals surface area contributed by atoms with Gasteiger partial charge in [-0.25, -0.2) is 0 Å². The van der Waals surface area contributed by atoms with Gasteiger partial charge in [-0.15, -0.1) is 0 Å². The molecule has 0 aliphatic carbocycles. The number of aryl methyl sites for hydroxylation is 2. The number of hydrogen-bond acceptors (Lipinski definition) is 4. The Labute approximate surface area is 136 Å². The molecular weight excluding hydrogens is 292 g/mol. The van der Waals surface area contributed by atoms with Crippen LogP contribution in [0.3, 0.4) is 0 Å². The van der Waals surface area contributed by atoms with Crippen molar-refractivity contribution >= 4 is 11.6 Å². The normalized spacial score (nSPS) is 19.0. The molecule has 2 aromatic heterocycles. The minimum atomic E-state index is 0.0185. The number of carbonyl (C=O) groups excluding carboxylic acids is 1. The zero-order chi connectivity index (χ0) is 16.2. The molecule has 23 heavy (non-hydrogen) atoms. The van der Waals surface area contributed by atoms with Gasteiger partial charge in [0.2, 0.25) is 5.91 Å². The molecule has 0 unspecified atom stereocenters. The van der Waals surface area contributed by atoms with E-state index in [0.29, 0.717) is 12.6 Å². The SMILES string of the molecule is Cc1n[nH]c(C)c1NC(=O)CN1CCCC[C@H]1Cn1cccn1. The third-order valence-corrected chi connectivity index (χ3v) is 4.45. The molecule has 7 nitrogen and oxygen atoms in total. The van der Waals surface area contributed by atoms with E-state index in [1.807, 2.05) is 30.8 Å². The first-order valence-corrected chi connectivity index (χ1v) is 8.16.